The highest BCUT2D eigenvalue weighted by atomic mass is 35.5. The minimum Gasteiger partial charge on any atom is -0.506 e. The average Bonchev–Trinajstić information content (AvgIpc) is 2.76. The molecule has 176 valence electrons. The average molecular weight is 522 g/mol. The lowest BCUT2D eigenvalue weighted by Crippen LogP contribution is -2.49. The minimum absolute atomic E-state index is 0.0828. The second-order valence-electron chi connectivity index (χ2n) is 7.83. The molecule has 0 aliphatic carbocycles. The Morgan fingerprint density at radius 2 is 1.03 bits per heavy atom. The van der Waals surface area contributed by atoms with Crippen molar-refractivity contribution in [1.29, 1.82) is 0 Å². The topological polar surface area (TPSA) is 71.0 Å². The molecule has 0 atom stereocenters. The summed E-state index contributed by atoms with van der Waals surface area (Å²) in [6.07, 6.45) is 0. The number of hydrogen-bond acceptors (Lipinski definition) is 6. The molecule has 1 aliphatic rings. The van der Waals surface area contributed by atoms with Crippen LogP contribution in [0.25, 0.3) is 0 Å². The maximum absolute atomic E-state index is 10.0. The Morgan fingerprint density at radius 1 is 0.656 bits per heavy atom. The van der Waals surface area contributed by atoms with E-state index in [0.717, 1.165) is 52.4 Å². The molecular formula is C22H28Cl4N4O2. The normalized spacial score (nSPS) is 15.4. The van der Waals surface area contributed by atoms with Gasteiger partial charge in [0, 0.05) is 86.6 Å². The number of aromatic hydroxyl groups is 2. The third-order valence-electron chi connectivity index (χ3n) is 5.52. The number of nitrogens with one attached hydrogen (secondary N) is 2. The van der Waals surface area contributed by atoms with Gasteiger partial charge in [-0.25, -0.2) is 0 Å². The van der Waals surface area contributed by atoms with Crippen molar-refractivity contribution < 1.29 is 10.2 Å². The van der Waals surface area contributed by atoms with Crippen molar-refractivity contribution in [2.75, 3.05) is 52.4 Å². The van der Waals surface area contributed by atoms with Gasteiger partial charge in [0.15, 0.2) is 0 Å². The van der Waals surface area contributed by atoms with E-state index in [1.807, 2.05) is 0 Å². The summed E-state index contributed by atoms with van der Waals surface area (Å²) in [5, 5.41) is 28.3. The summed E-state index contributed by atoms with van der Waals surface area (Å²) in [6, 6.07) is 6.53. The summed E-state index contributed by atoms with van der Waals surface area (Å²) < 4.78 is 0. The van der Waals surface area contributed by atoms with Crippen molar-refractivity contribution in [3.63, 3.8) is 0 Å². The van der Waals surface area contributed by atoms with Gasteiger partial charge in [0.05, 0.1) is 10.0 Å². The van der Waals surface area contributed by atoms with Gasteiger partial charge in [-0.2, -0.15) is 0 Å². The first-order valence-electron chi connectivity index (χ1n) is 10.5. The summed E-state index contributed by atoms with van der Waals surface area (Å²) in [5.74, 6) is 0.166. The van der Waals surface area contributed by atoms with Crippen LogP contribution in [0.3, 0.4) is 0 Å². The SMILES string of the molecule is Oc1c(Cl)cc(Cl)cc1CNCCN1CCN(CCNCc2cc(Cl)cc(Cl)c2O)CC1. The molecule has 0 aromatic heterocycles. The third kappa shape index (κ3) is 7.54. The first-order chi connectivity index (χ1) is 15.3. The number of halogens is 4. The third-order valence-corrected chi connectivity index (χ3v) is 6.53. The Hall–Kier alpha value is -0.960. The monoisotopic (exact) mass is 520 g/mol. The van der Waals surface area contributed by atoms with E-state index in [-0.39, 0.29) is 21.5 Å². The minimum atomic E-state index is 0.0828. The standard InChI is InChI=1S/C22H28Cl4N4O2/c23-17-9-15(21(31)19(25)11-17)13-27-1-3-29-5-7-30(8-6-29)4-2-28-14-16-10-18(24)12-20(26)22(16)32/h9-12,27-28,31-32H,1-8,13-14H2. The number of benzene rings is 2. The predicted molar refractivity (Wildman–Crippen MR) is 133 cm³/mol. The van der Waals surface area contributed by atoms with Crippen LogP contribution in [0.2, 0.25) is 20.1 Å². The van der Waals surface area contributed by atoms with E-state index in [1.165, 1.54) is 12.1 Å². The van der Waals surface area contributed by atoms with Gasteiger partial charge >= 0.3 is 0 Å². The summed E-state index contributed by atoms with van der Waals surface area (Å²) >= 11 is 23.9. The molecule has 4 N–H and O–H groups in total. The van der Waals surface area contributed by atoms with Crippen LogP contribution in [-0.4, -0.2) is 72.4 Å². The van der Waals surface area contributed by atoms with Gasteiger partial charge in [-0.3, -0.25) is 9.80 Å². The van der Waals surface area contributed by atoms with Gasteiger partial charge < -0.3 is 20.8 Å². The molecule has 0 bridgehead atoms. The van der Waals surface area contributed by atoms with Gasteiger partial charge in [-0.15, -0.1) is 0 Å². The molecule has 1 heterocycles. The highest BCUT2D eigenvalue weighted by molar-refractivity contribution is 6.36. The van der Waals surface area contributed by atoms with E-state index < -0.39 is 0 Å². The molecule has 3 rings (SSSR count). The smallest absolute Gasteiger partial charge is 0.138 e. The fraction of sp³-hybridized carbons (Fsp3) is 0.455. The van der Waals surface area contributed by atoms with Crippen molar-refractivity contribution in [3.8, 4) is 11.5 Å². The van der Waals surface area contributed by atoms with Crippen LogP contribution in [0.1, 0.15) is 11.1 Å². The molecule has 1 fully saturated rings. The van der Waals surface area contributed by atoms with Crippen LogP contribution in [0.4, 0.5) is 0 Å². The lowest BCUT2D eigenvalue weighted by atomic mass is 10.2. The van der Waals surface area contributed by atoms with Crippen LogP contribution in [0.15, 0.2) is 24.3 Å². The quantitative estimate of drug-likeness (QED) is 0.351. The Balaban J connectivity index is 1.29. The van der Waals surface area contributed by atoms with Crippen molar-refractivity contribution in [3.05, 3.63) is 55.5 Å². The molecule has 1 saturated heterocycles. The van der Waals surface area contributed by atoms with Crippen LogP contribution in [-0.2, 0) is 13.1 Å². The van der Waals surface area contributed by atoms with Crippen molar-refractivity contribution in [2.45, 2.75) is 13.1 Å². The summed E-state index contributed by atoms with van der Waals surface area (Å²) in [5.41, 5.74) is 1.40. The molecule has 0 saturated carbocycles. The van der Waals surface area contributed by atoms with Gasteiger partial charge in [-0.05, 0) is 24.3 Å². The second-order valence-corrected chi connectivity index (χ2v) is 9.51. The first-order valence-corrected chi connectivity index (χ1v) is 12.0. The predicted octanol–water partition coefficient (Wildman–Crippen LogP) is 4.21. The Bertz CT molecular complexity index is 834. The fourth-order valence-electron chi connectivity index (χ4n) is 3.67. The number of rotatable bonds is 10. The zero-order valence-electron chi connectivity index (χ0n) is 17.7. The van der Waals surface area contributed by atoms with Crippen molar-refractivity contribution in [2.24, 2.45) is 0 Å². The lowest BCUT2D eigenvalue weighted by molar-refractivity contribution is 0.133. The first kappa shape index (κ1) is 25.7. The number of hydrogen-bond donors (Lipinski definition) is 4. The Kier molecular flexibility index (Phi) is 10.0. The largest absolute Gasteiger partial charge is 0.506 e. The summed E-state index contributed by atoms with van der Waals surface area (Å²) in [6.45, 7) is 8.61. The molecule has 0 spiro atoms. The summed E-state index contributed by atoms with van der Waals surface area (Å²) in [4.78, 5) is 4.85. The molecule has 0 unspecified atom stereocenters. The Labute approximate surface area is 209 Å². The molecule has 0 radical (unpaired) electrons. The van der Waals surface area contributed by atoms with E-state index in [0.29, 0.717) is 34.3 Å². The van der Waals surface area contributed by atoms with E-state index in [9.17, 15) is 10.2 Å². The highest BCUT2D eigenvalue weighted by Gasteiger charge is 2.16. The molecule has 2 aromatic carbocycles. The maximum atomic E-state index is 10.0. The number of nitrogens with zero attached hydrogens (tertiary/aromatic N) is 2. The molecule has 2 aromatic rings. The fourth-order valence-corrected chi connectivity index (χ4v) is 4.74. The Morgan fingerprint density at radius 3 is 1.41 bits per heavy atom. The van der Waals surface area contributed by atoms with Gasteiger partial charge in [0.25, 0.3) is 0 Å². The van der Waals surface area contributed by atoms with Gasteiger partial charge in [0.2, 0.25) is 0 Å². The van der Waals surface area contributed by atoms with E-state index >= 15 is 0 Å². The molecule has 6 nitrogen and oxygen atoms in total. The highest BCUT2D eigenvalue weighted by Crippen LogP contribution is 2.31. The molecule has 0 amide bonds. The van der Waals surface area contributed by atoms with Crippen LogP contribution < -0.4 is 10.6 Å². The van der Waals surface area contributed by atoms with Crippen LogP contribution in [0, 0.1) is 0 Å². The van der Waals surface area contributed by atoms with E-state index in [2.05, 4.69) is 20.4 Å². The zero-order chi connectivity index (χ0) is 23.1. The van der Waals surface area contributed by atoms with Crippen molar-refractivity contribution >= 4 is 46.4 Å². The molecule has 10 heteroatoms. The number of phenols is 2. The molecule has 32 heavy (non-hydrogen) atoms. The van der Waals surface area contributed by atoms with Crippen LogP contribution >= 0.6 is 46.4 Å². The zero-order valence-corrected chi connectivity index (χ0v) is 20.7. The van der Waals surface area contributed by atoms with Crippen molar-refractivity contribution in [1.82, 2.24) is 20.4 Å². The summed E-state index contributed by atoms with van der Waals surface area (Å²) in [7, 11) is 0. The van der Waals surface area contributed by atoms with Crippen LogP contribution in [0.5, 0.6) is 11.5 Å². The number of phenolic OH excluding ortho intramolecular Hbond substituents is 2. The van der Waals surface area contributed by atoms with E-state index in [4.69, 9.17) is 46.4 Å². The molecule has 1 aliphatic heterocycles. The lowest BCUT2D eigenvalue weighted by Gasteiger charge is -2.34. The second kappa shape index (κ2) is 12.5. The van der Waals surface area contributed by atoms with E-state index in [1.54, 1.807) is 12.1 Å². The van der Waals surface area contributed by atoms with Gasteiger partial charge in [-0.1, -0.05) is 46.4 Å². The van der Waals surface area contributed by atoms with Gasteiger partial charge in [0.1, 0.15) is 11.5 Å². The maximum Gasteiger partial charge on any atom is 0.138 e. The molecular weight excluding hydrogens is 494 g/mol. The number of piperazine rings is 1.